The number of esters is 1. The molecule has 1 rings (SSSR count). The summed E-state index contributed by atoms with van der Waals surface area (Å²) in [6.07, 6.45) is 0. The zero-order valence-corrected chi connectivity index (χ0v) is 13.0. The number of rotatable bonds is 5. The van der Waals surface area contributed by atoms with Crippen molar-refractivity contribution in [2.24, 2.45) is 0 Å². The summed E-state index contributed by atoms with van der Waals surface area (Å²) in [5.41, 5.74) is -0.196. The van der Waals surface area contributed by atoms with Crippen LogP contribution < -0.4 is 4.72 Å². The van der Waals surface area contributed by atoms with Crippen LogP contribution in [-0.4, -0.2) is 38.6 Å². The van der Waals surface area contributed by atoms with E-state index in [1.165, 1.54) is 19.1 Å². The van der Waals surface area contributed by atoms with Crippen LogP contribution in [0.2, 0.25) is 0 Å². The first-order valence-electron chi connectivity index (χ1n) is 5.32. The van der Waals surface area contributed by atoms with Crippen LogP contribution >= 0.6 is 15.9 Å². The molecular formula is C11H12BrNO6S. The molecule has 110 valence electrons. The predicted molar refractivity (Wildman–Crippen MR) is 72.9 cm³/mol. The van der Waals surface area contributed by atoms with Gasteiger partial charge in [0, 0.05) is 4.47 Å². The summed E-state index contributed by atoms with van der Waals surface area (Å²) < 4.78 is 30.8. The average Bonchev–Trinajstić information content (AvgIpc) is 2.36. The van der Waals surface area contributed by atoms with E-state index in [1.807, 2.05) is 0 Å². The van der Waals surface area contributed by atoms with Crippen LogP contribution in [0.5, 0.6) is 0 Å². The van der Waals surface area contributed by atoms with Gasteiger partial charge in [0.25, 0.3) is 0 Å². The normalized spacial score (nSPS) is 12.8. The number of hydrogen-bond donors (Lipinski definition) is 2. The highest BCUT2D eigenvalue weighted by Gasteiger charge is 2.24. The number of methoxy groups -OCH3 is 1. The van der Waals surface area contributed by atoms with Crippen molar-refractivity contribution in [1.82, 2.24) is 4.72 Å². The lowest BCUT2D eigenvalue weighted by Gasteiger charge is -2.12. The fourth-order valence-corrected chi connectivity index (χ4v) is 3.00. The predicted octanol–water partition coefficient (Wildman–Crippen LogP) is 0.987. The van der Waals surface area contributed by atoms with Gasteiger partial charge in [-0.25, -0.2) is 13.2 Å². The van der Waals surface area contributed by atoms with Crippen molar-refractivity contribution in [3.63, 3.8) is 0 Å². The van der Waals surface area contributed by atoms with E-state index in [0.717, 1.165) is 13.2 Å². The second-order valence-corrected chi connectivity index (χ2v) is 6.38. The lowest BCUT2D eigenvalue weighted by Crippen LogP contribution is -2.39. The minimum absolute atomic E-state index is 0.196. The minimum Gasteiger partial charge on any atom is -0.478 e. The van der Waals surface area contributed by atoms with Crippen molar-refractivity contribution >= 4 is 37.9 Å². The number of aromatic carboxylic acids is 1. The number of carbonyl (C=O) groups is 2. The van der Waals surface area contributed by atoms with Crippen molar-refractivity contribution in [2.75, 3.05) is 7.11 Å². The van der Waals surface area contributed by atoms with E-state index in [-0.39, 0.29) is 14.9 Å². The van der Waals surface area contributed by atoms with Gasteiger partial charge in [-0.3, -0.25) is 4.79 Å². The van der Waals surface area contributed by atoms with Gasteiger partial charge in [-0.15, -0.1) is 0 Å². The molecule has 0 aliphatic rings. The first kappa shape index (κ1) is 16.6. The largest absolute Gasteiger partial charge is 0.478 e. The molecule has 0 radical (unpaired) electrons. The lowest BCUT2D eigenvalue weighted by atomic mass is 10.2. The van der Waals surface area contributed by atoms with Gasteiger partial charge in [0.05, 0.1) is 17.6 Å². The van der Waals surface area contributed by atoms with E-state index in [1.54, 1.807) is 0 Å². The fraction of sp³-hybridized carbons (Fsp3) is 0.273. The van der Waals surface area contributed by atoms with E-state index < -0.39 is 28.0 Å². The zero-order chi connectivity index (χ0) is 15.5. The van der Waals surface area contributed by atoms with Gasteiger partial charge < -0.3 is 9.84 Å². The summed E-state index contributed by atoms with van der Waals surface area (Å²) in [5.74, 6) is -2.01. The maximum Gasteiger partial charge on any atom is 0.336 e. The number of benzene rings is 1. The highest BCUT2D eigenvalue weighted by molar-refractivity contribution is 9.10. The number of ether oxygens (including phenoxy) is 1. The standard InChI is InChI=1S/C11H12BrNO6S/c1-6(11(16)19-2)13-20(17,18)7-3-4-9(12)8(5-7)10(14)15/h3-6,13H,1-2H3,(H,14,15). The smallest absolute Gasteiger partial charge is 0.336 e. The summed E-state index contributed by atoms with van der Waals surface area (Å²) in [6, 6.07) is 2.45. The summed E-state index contributed by atoms with van der Waals surface area (Å²) in [5, 5.41) is 8.94. The maximum atomic E-state index is 12.0. The van der Waals surface area contributed by atoms with Gasteiger partial charge in [0.15, 0.2) is 0 Å². The van der Waals surface area contributed by atoms with Crippen molar-refractivity contribution in [2.45, 2.75) is 17.9 Å². The van der Waals surface area contributed by atoms with Gasteiger partial charge in [-0.05, 0) is 41.1 Å². The lowest BCUT2D eigenvalue weighted by molar-refractivity contribution is -0.142. The monoisotopic (exact) mass is 365 g/mol. The molecule has 0 amide bonds. The highest BCUT2D eigenvalue weighted by atomic mass is 79.9. The molecule has 7 nitrogen and oxygen atoms in total. The Morgan fingerprint density at radius 2 is 2.00 bits per heavy atom. The molecule has 0 fully saturated rings. The summed E-state index contributed by atoms with van der Waals surface area (Å²) >= 11 is 3.01. The molecule has 1 unspecified atom stereocenters. The molecule has 0 spiro atoms. The van der Waals surface area contributed by atoms with Crippen molar-refractivity contribution in [1.29, 1.82) is 0 Å². The number of sulfonamides is 1. The Morgan fingerprint density at radius 1 is 1.40 bits per heavy atom. The SMILES string of the molecule is COC(=O)C(C)NS(=O)(=O)c1ccc(Br)c(C(=O)O)c1. The van der Waals surface area contributed by atoms with Gasteiger partial charge >= 0.3 is 11.9 Å². The van der Waals surface area contributed by atoms with Crippen LogP contribution in [0, 0.1) is 0 Å². The maximum absolute atomic E-state index is 12.0. The molecule has 2 N–H and O–H groups in total. The van der Waals surface area contributed by atoms with Gasteiger partial charge in [-0.2, -0.15) is 4.72 Å². The minimum atomic E-state index is -4.02. The van der Waals surface area contributed by atoms with E-state index in [0.29, 0.717) is 0 Å². The quantitative estimate of drug-likeness (QED) is 0.752. The van der Waals surface area contributed by atoms with Crippen LogP contribution in [0.15, 0.2) is 27.6 Å². The molecule has 0 aliphatic heterocycles. The van der Waals surface area contributed by atoms with Crippen molar-refractivity contribution in [3.8, 4) is 0 Å². The van der Waals surface area contributed by atoms with Crippen LogP contribution in [0.25, 0.3) is 0 Å². The molecule has 0 saturated carbocycles. The van der Waals surface area contributed by atoms with Gasteiger partial charge in [0.1, 0.15) is 6.04 Å². The molecular weight excluding hydrogens is 354 g/mol. The molecule has 20 heavy (non-hydrogen) atoms. The van der Waals surface area contributed by atoms with E-state index in [2.05, 4.69) is 25.4 Å². The fourth-order valence-electron chi connectivity index (χ4n) is 1.36. The molecule has 0 bridgehead atoms. The van der Waals surface area contributed by atoms with Crippen LogP contribution in [-0.2, 0) is 19.6 Å². The van der Waals surface area contributed by atoms with Gasteiger partial charge in [-0.1, -0.05) is 0 Å². The molecule has 9 heteroatoms. The molecule has 1 atom stereocenters. The topological polar surface area (TPSA) is 110 Å². The second kappa shape index (κ2) is 6.33. The number of carbonyl (C=O) groups excluding carboxylic acids is 1. The number of carboxylic acid groups (broad SMARTS) is 1. The summed E-state index contributed by atoms with van der Waals surface area (Å²) in [7, 11) is -2.89. The molecule has 0 saturated heterocycles. The molecule has 0 heterocycles. The van der Waals surface area contributed by atoms with E-state index >= 15 is 0 Å². The first-order valence-corrected chi connectivity index (χ1v) is 7.59. The average molecular weight is 366 g/mol. The molecule has 1 aromatic carbocycles. The Kier molecular flexibility index (Phi) is 5.26. The van der Waals surface area contributed by atoms with E-state index in [4.69, 9.17) is 5.11 Å². The van der Waals surface area contributed by atoms with Crippen molar-refractivity contribution < 1.29 is 27.9 Å². The number of nitrogens with one attached hydrogen (secondary N) is 1. The van der Waals surface area contributed by atoms with E-state index in [9.17, 15) is 18.0 Å². The Labute approximate surface area is 124 Å². The van der Waals surface area contributed by atoms with Crippen LogP contribution in [0.1, 0.15) is 17.3 Å². The zero-order valence-electron chi connectivity index (χ0n) is 10.6. The second-order valence-electron chi connectivity index (χ2n) is 3.81. The first-order chi connectivity index (χ1) is 9.19. The summed E-state index contributed by atoms with van der Waals surface area (Å²) in [4.78, 5) is 21.9. The Hall–Kier alpha value is -1.45. The molecule has 1 aromatic rings. The summed E-state index contributed by atoms with van der Waals surface area (Å²) in [6.45, 7) is 1.32. The highest BCUT2D eigenvalue weighted by Crippen LogP contribution is 2.21. The van der Waals surface area contributed by atoms with Crippen LogP contribution in [0.4, 0.5) is 0 Å². The van der Waals surface area contributed by atoms with Crippen molar-refractivity contribution in [3.05, 3.63) is 28.2 Å². The Balaban J connectivity index is 3.13. The Bertz CT molecular complexity index is 642. The third kappa shape index (κ3) is 3.78. The number of hydrogen-bond acceptors (Lipinski definition) is 5. The number of halogens is 1. The third-order valence-corrected chi connectivity index (χ3v) is 4.60. The Morgan fingerprint density at radius 3 is 2.50 bits per heavy atom. The molecule has 0 aliphatic carbocycles. The third-order valence-electron chi connectivity index (χ3n) is 2.37. The molecule has 0 aromatic heterocycles. The number of carboxylic acids is 1. The van der Waals surface area contributed by atoms with Crippen LogP contribution in [0.3, 0.4) is 0 Å². The van der Waals surface area contributed by atoms with Gasteiger partial charge in [0.2, 0.25) is 10.0 Å².